The second-order valence-electron chi connectivity index (χ2n) is 4.71. The molecule has 0 aromatic carbocycles. The van der Waals surface area contributed by atoms with Gasteiger partial charge in [0.25, 0.3) is 5.91 Å². The molecule has 2 aromatic rings. The number of oxazole rings is 1. The lowest BCUT2D eigenvalue weighted by Crippen LogP contribution is -2.35. The molecule has 1 unspecified atom stereocenters. The molecule has 8 heteroatoms. The van der Waals surface area contributed by atoms with Crippen molar-refractivity contribution in [3.8, 4) is 0 Å². The van der Waals surface area contributed by atoms with Crippen LogP contribution in [-0.2, 0) is 0 Å². The van der Waals surface area contributed by atoms with Gasteiger partial charge in [0.2, 0.25) is 6.39 Å². The molecule has 1 fully saturated rings. The van der Waals surface area contributed by atoms with Crippen LogP contribution in [0, 0.1) is 0 Å². The predicted octanol–water partition coefficient (Wildman–Crippen LogP) is 1.11. The van der Waals surface area contributed by atoms with E-state index in [4.69, 9.17) is 4.52 Å². The summed E-state index contributed by atoms with van der Waals surface area (Å²) in [5.74, 6) is -0.432. The van der Waals surface area contributed by atoms with Gasteiger partial charge in [0.1, 0.15) is 12.0 Å². The zero-order chi connectivity index (χ0) is 13.9. The van der Waals surface area contributed by atoms with Gasteiger partial charge in [0.15, 0.2) is 5.82 Å². The van der Waals surface area contributed by atoms with Crippen molar-refractivity contribution in [1.82, 2.24) is 20.0 Å². The van der Waals surface area contributed by atoms with Crippen LogP contribution in [0.1, 0.15) is 48.0 Å². The van der Waals surface area contributed by atoms with Crippen molar-refractivity contribution >= 4 is 5.91 Å². The summed E-state index contributed by atoms with van der Waals surface area (Å²) >= 11 is 0. The minimum atomic E-state index is -0.640. The van der Waals surface area contributed by atoms with Crippen molar-refractivity contribution in [3.63, 3.8) is 0 Å². The molecule has 3 rings (SSSR count). The molecule has 2 aromatic heterocycles. The third kappa shape index (κ3) is 2.36. The Bertz CT molecular complexity index is 630. The average molecular weight is 278 g/mol. The first-order chi connectivity index (χ1) is 9.75. The van der Waals surface area contributed by atoms with E-state index in [9.17, 15) is 9.59 Å². The van der Waals surface area contributed by atoms with Gasteiger partial charge in [-0.25, -0.2) is 4.79 Å². The second-order valence-corrected chi connectivity index (χ2v) is 4.71. The minimum absolute atomic E-state index is 0.144. The fourth-order valence-electron chi connectivity index (χ4n) is 2.49. The number of nitrogens with zero attached hydrogens (tertiary/aromatic N) is 3. The number of nitrogens with one attached hydrogen (secondary N) is 1. The van der Waals surface area contributed by atoms with Crippen molar-refractivity contribution in [2.24, 2.45) is 0 Å². The Labute approximate surface area is 113 Å². The standard InChI is InChI=1S/C12H14N4O4/c17-11(8-6-19-12(18)14-8)16-5-3-1-2-4-9(16)10-13-7-20-15-10/h6-7,9H,1-5H2,(H,14,18). The molecule has 1 atom stereocenters. The maximum absolute atomic E-state index is 12.5. The van der Waals surface area contributed by atoms with Crippen LogP contribution in [0.3, 0.4) is 0 Å². The normalized spacial score (nSPS) is 19.8. The SMILES string of the molecule is O=C(c1coc(=O)[nH]1)N1CCCCCC1c1ncon1. The molecule has 0 bridgehead atoms. The quantitative estimate of drug-likeness (QED) is 0.882. The van der Waals surface area contributed by atoms with Crippen LogP contribution in [0.5, 0.6) is 0 Å². The molecule has 106 valence electrons. The van der Waals surface area contributed by atoms with Crippen LogP contribution in [0.4, 0.5) is 0 Å². The Hall–Kier alpha value is -2.38. The van der Waals surface area contributed by atoms with E-state index in [0.717, 1.165) is 31.9 Å². The van der Waals surface area contributed by atoms with Gasteiger partial charge in [0.05, 0.1) is 6.04 Å². The van der Waals surface area contributed by atoms with Gasteiger partial charge in [-0.1, -0.05) is 18.0 Å². The molecule has 1 aliphatic rings. The molecule has 3 heterocycles. The summed E-state index contributed by atoms with van der Waals surface area (Å²) in [6.07, 6.45) is 6.10. The lowest BCUT2D eigenvalue weighted by molar-refractivity contribution is 0.0664. The molecular formula is C12H14N4O4. The van der Waals surface area contributed by atoms with Crippen LogP contribution < -0.4 is 5.76 Å². The number of H-pyrrole nitrogens is 1. The van der Waals surface area contributed by atoms with E-state index < -0.39 is 5.76 Å². The highest BCUT2D eigenvalue weighted by atomic mass is 16.5. The summed E-state index contributed by atoms with van der Waals surface area (Å²) < 4.78 is 9.40. The van der Waals surface area contributed by atoms with E-state index in [1.165, 1.54) is 6.39 Å². The maximum atomic E-state index is 12.5. The third-order valence-electron chi connectivity index (χ3n) is 3.44. The Morgan fingerprint density at radius 3 is 3.00 bits per heavy atom. The Morgan fingerprint density at radius 1 is 1.40 bits per heavy atom. The first-order valence-corrected chi connectivity index (χ1v) is 6.51. The summed E-state index contributed by atoms with van der Waals surface area (Å²) in [4.78, 5) is 31.6. The number of likely N-dealkylation sites (tertiary alicyclic amines) is 1. The molecule has 1 N–H and O–H groups in total. The van der Waals surface area contributed by atoms with Crippen molar-refractivity contribution in [2.75, 3.05) is 6.54 Å². The number of carbonyl (C=O) groups is 1. The highest BCUT2D eigenvalue weighted by Crippen LogP contribution is 2.28. The van der Waals surface area contributed by atoms with Crippen LogP contribution in [0.2, 0.25) is 0 Å². The summed E-state index contributed by atoms with van der Waals surface area (Å²) in [5, 5.41) is 3.84. The number of carbonyl (C=O) groups excluding carboxylic acids is 1. The molecule has 0 radical (unpaired) electrons. The number of hydrogen-bond acceptors (Lipinski definition) is 6. The Balaban J connectivity index is 1.90. The van der Waals surface area contributed by atoms with Crippen LogP contribution >= 0.6 is 0 Å². The van der Waals surface area contributed by atoms with Crippen molar-refractivity contribution in [3.05, 3.63) is 34.7 Å². The van der Waals surface area contributed by atoms with E-state index in [1.807, 2.05) is 0 Å². The van der Waals surface area contributed by atoms with Gasteiger partial charge in [-0.2, -0.15) is 4.98 Å². The van der Waals surface area contributed by atoms with Crippen molar-refractivity contribution in [2.45, 2.75) is 31.7 Å². The summed E-state index contributed by atoms with van der Waals surface area (Å²) in [5.41, 5.74) is 0.144. The molecule has 0 saturated carbocycles. The van der Waals surface area contributed by atoms with E-state index >= 15 is 0 Å². The van der Waals surface area contributed by atoms with E-state index in [-0.39, 0.29) is 17.6 Å². The van der Waals surface area contributed by atoms with Crippen molar-refractivity contribution in [1.29, 1.82) is 0 Å². The van der Waals surface area contributed by atoms with E-state index in [0.29, 0.717) is 12.4 Å². The van der Waals surface area contributed by atoms with E-state index in [2.05, 4.69) is 19.5 Å². The third-order valence-corrected chi connectivity index (χ3v) is 3.44. The van der Waals surface area contributed by atoms with Crippen LogP contribution in [0.25, 0.3) is 0 Å². The first kappa shape index (κ1) is 12.6. The second kappa shape index (κ2) is 5.32. The number of hydrogen-bond donors (Lipinski definition) is 1. The lowest BCUT2D eigenvalue weighted by Gasteiger charge is -2.26. The first-order valence-electron chi connectivity index (χ1n) is 6.51. The molecule has 0 aliphatic carbocycles. The van der Waals surface area contributed by atoms with Gasteiger partial charge in [-0.05, 0) is 12.8 Å². The highest BCUT2D eigenvalue weighted by molar-refractivity contribution is 5.92. The fourth-order valence-corrected chi connectivity index (χ4v) is 2.49. The van der Waals surface area contributed by atoms with Crippen LogP contribution in [0.15, 0.2) is 26.4 Å². The molecule has 1 amide bonds. The highest BCUT2D eigenvalue weighted by Gasteiger charge is 2.31. The zero-order valence-corrected chi connectivity index (χ0v) is 10.7. The van der Waals surface area contributed by atoms with Crippen LogP contribution in [-0.4, -0.2) is 32.5 Å². The molecule has 8 nitrogen and oxygen atoms in total. The lowest BCUT2D eigenvalue weighted by atomic mass is 10.1. The number of aromatic amines is 1. The molecule has 1 aliphatic heterocycles. The smallest absolute Gasteiger partial charge is 0.416 e. The molecule has 1 saturated heterocycles. The average Bonchev–Trinajstić information content (AvgIpc) is 3.05. The molecular weight excluding hydrogens is 264 g/mol. The van der Waals surface area contributed by atoms with Gasteiger partial charge < -0.3 is 13.8 Å². The summed E-state index contributed by atoms with van der Waals surface area (Å²) in [6.45, 7) is 0.589. The largest absolute Gasteiger partial charge is 0.416 e. The fraction of sp³-hybridized carbons (Fsp3) is 0.500. The maximum Gasteiger partial charge on any atom is 0.416 e. The summed E-state index contributed by atoms with van der Waals surface area (Å²) in [7, 11) is 0. The predicted molar refractivity (Wildman–Crippen MR) is 65.9 cm³/mol. The number of rotatable bonds is 2. The summed E-state index contributed by atoms with van der Waals surface area (Å²) in [6, 6.07) is -0.234. The topological polar surface area (TPSA) is 105 Å². The van der Waals surface area contributed by atoms with E-state index in [1.54, 1.807) is 4.90 Å². The molecule has 20 heavy (non-hydrogen) atoms. The minimum Gasteiger partial charge on any atom is -0.416 e. The zero-order valence-electron chi connectivity index (χ0n) is 10.7. The van der Waals surface area contributed by atoms with Gasteiger partial charge in [-0.15, -0.1) is 0 Å². The Kier molecular flexibility index (Phi) is 3.36. The van der Waals surface area contributed by atoms with Gasteiger partial charge in [-0.3, -0.25) is 9.78 Å². The monoisotopic (exact) mass is 278 g/mol. The van der Waals surface area contributed by atoms with Crippen molar-refractivity contribution < 1.29 is 13.7 Å². The van der Waals surface area contributed by atoms with Gasteiger partial charge >= 0.3 is 5.76 Å². The Morgan fingerprint density at radius 2 is 2.30 bits per heavy atom. The van der Waals surface area contributed by atoms with Gasteiger partial charge in [0, 0.05) is 6.54 Å². The number of aromatic nitrogens is 3. The molecule has 0 spiro atoms. The number of amides is 1.